The number of piperazine rings is 1. The first-order valence-electron chi connectivity index (χ1n) is 8.84. The van der Waals surface area contributed by atoms with Crippen molar-refractivity contribution in [2.24, 2.45) is 0 Å². The number of nitrogens with zero attached hydrogens (tertiary/aromatic N) is 2. The molecule has 0 radical (unpaired) electrons. The zero-order valence-corrected chi connectivity index (χ0v) is 14.7. The maximum Gasteiger partial charge on any atom is 0.123 e. The molecular weight excluding hydrogens is 338 g/mol. The van der Waals surface area contributed by atoms with Gasteiger partial charge in [0.25, 0.3) is 0 Å². The zero-order valence-electron chi connectivity index (χ0n) is 14.7. The summed E-state index contributed by atoms with van der Waals surface area (Å²) in [5.74, 6) is 0.0322. The first-order valence-corrected chi connectivity index (χ1v) is 8.84. The zero-order chi connectivity index (χ0) is 18.4. The van der Waals surface area contributed by atoms with Crippen molar-refractivity contribution in [1.29, 1.82) is 0 Å². The molecule has 0 unspecified atom stereocenters. The van der Waals surface area contributed by atoms with Crippen molar-refractivity contribution in [2.45, 2.75) is 12.6 Å². The molecule has 140 valence electrons. The minimum Gasteiger partial charge on any atom is -0.491 e. The average molecular weight is 362 g/mol. The minimum atomic E-state index is -0.602. The second-order valence-electron chi connectivity index (χ2n) is 6.63. The van der Waals surface area contributed by atoms with Crippen LogP contribution in [0.4, 0.5) is 8.78 Å². The third-order valence-corrected chi connectivity index (χ3v) is 4.49. The van der Waals surface area contributed by atoms with Crippen molar-refractivity contribution >= 4 is 0 Å². The summed E-state index contributed by atoms with van der Waals surface area (Å²) < 4.78 is 31.6. The molecule has 1 aliphatic heterocycles. The third-order valence-electron chi connectivity index (χ3n) is 4.49. The molecule has 6 heteroatoms. The van der Waals surface area contributed by atoms with Crippen LogP contribution in [0.2, 0.25) is 0 Å². The second kappa shape index (κ2) is 9.07. The fourth-order valence-electron chi connectivity index (χ4n) is 3.10. The molecule has 0 aromatic heterocycles. The Balaban J connectivity index is 1.37. The van der Waals surface area contributed by atoms with Crippen molar-refractivity contribution in [3.8, 4) is 5.75 Å². The van der Waals surface area contributed by atoms with Gasteiger partial charge in [0.05, 0.1) is 0 Å². The van der Waals surface area contributed by atoms with Gasteiger partial charge in [0.2, 0.25) is 0 Å². The summed E-state index contributed by atoms with van der Waals surface area (Å²) in [6.45, 7) is 4.90. The molecule has 2 aromatic carbocycles. The minimum absolute atomic E-state index is 0.176. The predicted molar refractivity (Wildman–Crippen MR) is 96.0 cm³/mol. The number of aliphatic hydroxyl groups excluding tert-OH is 1. The summed E-state index contributed by atoms with van der Waals surface area (Å²) in [7, 11) is 0. The van der Waals surface area contributed by atoms with Gasteiger partial charge in [0, 0.05) is 39.3 Å². The topological polar surface area (TPSA) is 35.9 Å². The van der Waals surface area contributed by atoms with Crippen LogP contribution in [0.15, 0.2) is 48.5 Å². The molecule has 1 fully saturated rings. The molecule has 3 rings (SSSR count). The highest BCUT2D eigenvalue weighted by molar-refractivity contribution is 5.22. The van der Waals surface area contributed by atoms with E-state index in [2.05, 4.69) is 9.80 Å². The molecule has 1 heterocycles. The van der Waals surface area contributed by atoms with E-state index in [0.717, 1.165) is 38.3 Å². The molecule has 0 saturated carbocycles. The third kappa shape index (κ3) is 5.76. The van der Waals surface area contributed by atoms with Crippen LogP contribution < -0.4 is 4.74 Å². The standard InChI is InChI=1S/C20H24F2N2O2/c21-17-4-6-20(7-5-17)26-15-19(25)14-24-10-8-23(9-11-24)13-16-2-1-3-18(22)12-16/h1-7,12,19,25H,8-11,13-15H2/t19-/m1/s1. The molecule has 0 amide bonds. The lowest BCUT2D eigenvalue weighted by Gasteiger charge is -2.35. The molecule has 1 aliphatic rings. The average Bonchev–Trinajstić information content (AvgIpc) is 2.63. The Hall–Kier alpha value is -2.02. The van der Waals surface area contributed by atoms with E-state index in [0.29, 0.717) is 12.3 Å². The van der Waals surface area contributed by atoms with Gasteiger partial charge >= 0.3 is 0 Å². The molecule has 1 atom stereocenters. The molecule has 1 saturated heterocycles. The van der Waals surface area contributed by atoms with E-state index < -0.39 is 6.10 Å². The molecule has 26 heavy (non-hydrogen) atoms. The van der Waals surface area contributed by atoms with Crippen molar-refractivity contribution in [3.63, 3.8) is 0 Å². The number of aliphatic hydroxyl groups is 1. The number of halogens is 2. The summed E-state index contributed by atoms with van der Waals surface area (Å²) in [4.78, 5) is 4.48. The van der Waals surface area contributed by atoms with Gasteiger partial charge < -0.3 is 9.84 Å². The second-order valence-corrected chi connectivity index (χ2v) is 6.63. The maximum atomic E-state index is 13.3. The highest BCUT2D eigenvalue weighted by atomic mass is 19.1. The van der Waals surface area contributed by atoms with E-state index in [9.17, 15) is 13.9 Å². The van der Waals surface area contributed by atoms with Gasteiger partial charge in [0.1, 0.15) is 30.1 Å². The molecule has 4 nitrogen and oxygen atoms in total. The Labute approximate surface area is 152 Å². The van der Waals surface area contributed by atoms with Crippen molar-refractivity contribution < 1.29 is 18.6 Å². The van der Waals surface area contributed by atoms with Crippen LogP contribution in [0.5, 0.6) is 5.75 Å². The predicted octanol–water partition coefficient (Wildman–Crippen LogP) is 2.52. The van der Waals surface area contributed by atoms with Gasteiger partial charge in [0.15, 0.2) is 0 Å². The molecule has 0 aliphatic carbocycles. The van der Waals surface area contributed by atoms with Crippen LogP contribution in [0, 0.1) is 11.6 Å². The molecule has 1 N–H and O–H groups in total. The molecule has 0 bridgehead atoms. The summed E-state index contributed by atoms with van der Waals surface area (Å²) in [6.07, 6.45) is -0.602. The Morgan fingerprint density at radius 3 is 2.31 bits per heavy atom. The van der Waals surface area contributed by atoms with E-state index in [4.69, 9.17) is 4.74 Å². The lowest BCUT2D eigenvalue weighted by atomic mass is 10.2. The van der Waals surface area contributed by atoms with Crippen molar-refractivity contribution in [2.75, 3.05) is 39.3 Å². The molecular formula is C20H24F2N2O2. The van der Waals surface area contributed by atoms with Gasteiger partial charge in [-0.1, -0.05) is 12.1 Å². The van der Waals surface area contributed by atoms with Crippen LogP contribution in [0.25, 0.3) is 0 Å². The number of hydrogen-bond donors (Lipinski definition) is 1. The van der Waals surface area contributed by atoms with Crippen LogP contribution in [0.1, 0.15) is 5.56 Å². The van der Waals surface area contributed by atoms with Gasteiger partial charge in [-0.2, -0.15) is 0 Å². The van der Waals surface area contributed by atoms with E-state index in [1.165, 1.54) is 18.2 Å². The summed E-state index contributed by atoms with van der Waals surface area (Å²) in [5.41, 5.74) is 0.978. The monoisotopic (exact) mass is 362 g/mol. The first kappa shape index (κ1) is 18.8. The van der Waals surface area contributed by atoms with Crippen LogP contribution in [-0.2, 0) is 6.54 Å². The number of ether oxygens (including phenoxy) is 1. The van der Waals surface area contributed by atoms with E-state index in [1.54, 1.807) is 24.3 Å². The lowest BCUT2D eigenvalue weighted by molar-refractivity contribution is 0.0446. The molecule has 0 spiro atoms. The normalized spacial score (nSPS) is 17.2. The summed E-state index contributed by atoms with van der Waals surface area (Å²) in [5, 5.41) is 10.2. The number of rotatable bonds is 7. The highest BCUT2D eigenvalue weighted by Gasteiger charge is 2.19. The van der Waals surface area contributed by atoms with Gasteiger partial charge in [-0.15, -0.1) is 0 Å². The smallest absolute Gasteiger partial charge is 0.123 e. The Bertz CT molecular complexity index is 688. The van der Waals surface area contributed by atoms with Gasteiger partial charge in [-0.3, -0.25) is 9.80 Å². The van der Waals surface area contributed by atoms with Crippen LogP contribution in [0.3, 0.4) is 0 Å². The summed E-state index contributed by atoms with van der Waals surface area (Å²) in [6, 6.07) is 12.5. The Morgan fingerprint density at radius 1 is 0.923 bits per heavy atom. The number of benzene rings is 2. The maximum absolute atomic E-state index is 13.3. The van der Waals surface area contributed by atoms with Crippen molar-refractivity contribution in [1.82, 2.24) is 9.80 Å². The number of hydrogen-bond acceptors (Lipinski definition) is 4. The quantitative estimate of drug-likeness (QED) is 0.821. The largest absolute Gasteiger partial charge is 0.491 e. The van der Waals surface area contributed by atoms with E-state index >= 15 is 0 Å². The molecule has 2 aromatic rings. The fraction of sp³-hybridized carbons (Fsp3) is 0.400. The lowest BCUT2D eigenvalue weighted by Crippen LogP contribution is -2.48. The van der Waals surface area contributed by atoms with Gasteiger partial charge in [-0.25, -0.2) is 8.78 Å². The van der Waals surface area contributed by atoms with Crippen LogP contribution >= 0.6 is 0 Å². The van der Waals surface area contributed by atoms with E-state index in [-0.39, 0.29) is 18.2 Å². The first-order chi connectivity index (χ1) is 12.6. The highest BCUT2D eigenvalue weighted by Crippen LogP contribution is 2.13. The van der Waals surface area contributed by atoms with Crippen molar-refractivity contribution in [3.05, 3.63) is 65.7 Å². The summed E-state index contributed by atoms with van der Waals surface area (Å²) >= 11 is 0. The Morgan fingerprint density at radius 2 is 1.62 bits per heavy atom. The SMILES string of the molecule is O[C@@H](COc1ccc(F)cc1)CN1CCN(Cc2cccc(F)c2)CC1. The van der Waals surface area contributed by atoms with E-state index in [1.807, 2.05) is 6.07 Å². The fourth-order valence-corrected chi connectivity index (χ4v) is 3.10. The van der Waals surface area contributed by atoms with Gasteiger partial charge in [-0.05, 0) is 42.0 Å². The van der Waals surface area contributed by atoms with Crippen LogP contribution in [-0.4, -0.2) is 60.3 Å². The number of β-amino-alcohol motifs (C(OH)–C–C–N with tert-alkyl or cyclic N) is 1. The Kier molecular flexibility index (Phi) is 6.55.